The SMILES string of the molecule is C=Cc1cnc([C@H]2CC(=N[S@@](=O)C(C)(C)C)c3ccc(OC)cc3O2)cn1. The second kappa shape index (κ2) is 7.60. The van der Waals surface area contributed by atoms with Gasteiger partial charge in [0, 0.05) is 18.1 Å². The third kappa shape index (κ3) is 4.24. The molecule has 0 saturated heterocycles. The number of fused-ring (bicyclic) bond motifs is 1. The van der Waals surface area contributed by atoms with Crippen molar-refractivity contribution in [3.05, 3.63) is 54.1 Å². The first kappa shape index (κ1) is 19.2. The van der Waals surface area contributed by atoms with Crippen LogP contribution in [0.25, 0.3) is 6.08 Å². The lowest BCUT2D eigenvalue weighted by Crippen LogP contribution is -2.25. The van der Waals surface area contributed by atoms with E-state index in [1.165, 1.54) is 0 Å². The number of aromatic nitrogens is 2. The molecule has 0 radical (unpaired) electrons. The third-order valence-electron chi connectivity index (χ3n) is 4.10. The van der Waals surface area contributed by atoms with E-state index in [9.17, 15) is 4.21 Å². The van der Waals surface area contributed by atoms with Crippen LogP contribution in [0.2, 0.25) is 0 Å². The minimum atomic E-state index is -1.37. The minimum absolute atomic E-state index is 0.369. The monoisotopic (exact) mass is 385 g/mol. The van der Waals surface area contributed by atoms with Gasteiger partial charge in [-0.2, -0.15) is 4.40 Å². The van der Waals surface area contributed by atoms with E-state index in [4.69, 9.17) is 9.47 Å². The first-order valence-electron chi connectivity index (χ1n) is 8.61. The number of nitrogens with zero attached hydrogens (tertiary/aromatic N) is 3. The summed E-state index contributed by atoms with van der Waals surface area (Å²) < 4.78 is 28.1. The Morgan fingerprint density at radius 3 is 2.70 bits per heavy atom. The van der Waals surface area contributed by atoms with Gasteiger partial charge in [0.1, 0.15) is 28.6 Å². The highest BCUT2D eigenvalue weighted by atomic mass is 32.2. The molecule has 0 N–H and O–H groups in total. The molecule has 2 atom stereocenters. The molecule has 0 fully saturated rings. The Kier molecular flexibility index (Phi) is 5.41. The number of ether oxygens (including phenoxy) is 2. The van der Waals surface area contributed by atoms with Crippen molar-refractivity contribution in [1.82, 2.24) is 9.97 Å². The van der Waals surface area contributed by atoms with Crippen molar-refractivity contribution in [1.29, 1.82) is 0 Å². The summed E-state index contributed by atoms with van der Waals surface area (Å²) in [5.41, 5.74) is 2.93. The summed E-state index contributed by atoms with van der Waals surface area (Å²) in [7, 11) is 0.229. The van der Waals surface area contributed by atoms with Gasteiger partial charge >= 0.3 is 0 Å². The van der Waals surface area contributed by atoms with Gasteiger partial charge in [0.25, 0.3) is 0 Å². The summed E-state index contributed by atoms with van der Waals surface area (Å²) in [6, 6.07) is 5.54. The molecule has 1 aliphatic rings. The topological polar surface area (TPSA) is 73.7 Å². The molecular weight excluding hydrogens is 362 g/mol. The van der Waals surface area contributed by atoms with E-state index >= 15 is 0 Å². The van der Waals surface area contributed by atoms with Crippen LogP contribution in [-0.2, 0) is 11.0 Å². The summed E-state index contributed by atoms with van der Waals surface area (Å²) in [4.78, 5) is 8.73. The summed E-state index contributed by atoms with van der Waals surface area (Å²) in [6.07, 6.45) is 5.05. The van der Waals surface area contributed by atoms with Crippen LogP contribution in [0.4, 0.5) is 0 Å². The maximum absolute atomic E-state index is 12.6. The Morgan fingerprint density at radius 2 is 2.11 bits per heavy atom. The molecule has 0 amide bonds. The molecule has 3 rings (SSSR count). The fourth-order valence-electron chi connectivity index (χ4n) is 2.55. The predicted octanol–water partition coefficient (Wildman–Crippen LogP) is 3.90. The van der Waals surface area contributed by atoms with E-state index in [2.05, 4.69) is 20.9 Å². The average molecular weight is 385 g/mol. The first-order chi connectivity index (χ1) is 12.8. The summed E-state index contributed by atoms with van der Waals surface area (Å²) in [5, 5.41) is 0. The van der Waals surface area contributed by atoms with Crippen LogP contribution in [0.15, 0.2) is 41.6 Å². The first-order valence-corrected chi connectivity index (χ1v) is 9.71. The van der Waals surface area contributed by atoms with Gasteiger partial charge in [-0.15, -0.1) is 0 Å². The van der Waals surface area contributed by atoms with Crippen molar-refractivity contribution in [3.63, 3.8) is 0 Å². The van der Waals surface area contributed by atoms with Crippen LogP contribution in [0.5, 0.6) is 11.5 Å². The molecule has 1 aliphatic heterocycles. The van der Waals surface area contributed by atoms with E-state index in [0.29, 0.717) is 29.3 Å². The van der Waals surface area contributed by atoms with Gasteiger partial charge in [-0.05, 0) is 39.0 Å². The van der Waals surface area contributed by atoms with Crippen LogP contribution >= 0.6 is 0 Å². The largest absolute Gasteiger partial charge is 0.497 e. The van der Waals surface area contributed by atoms with E-state index in [-0.39, 0.29) is 6.10 Å². The Morgan fingerprint density at radius 1 is 1.33 bits per heavy atom. The van der Waals surface area contributed by atoms with Crippen molar-refractivity contribution in [3.8, 4) is 11.5 Å². The Labute approximate surface area is 162 Å². The summed E-state index contributed by atoms with van der Waals surface area (Å²) in [6.45, 7) is 9.39. The molecule has 27 heavy (non-hydrogen) atoms. The molecule has 2 aromatic rings. The standard InChI is InChI=1S/C20H23N3O3S/c1-6-13-11-22-17(12-21-13)19-10-16(23-27(24)20(2,3)4)15-8-7-14(25-5)9-18(15)26-19/h6-9,11-12,19H,1,10H2,2-5H3/t19-,27+/m1/s1. The van der Waals surface area contributed by atoms with Gasteiger partial charge < -0.3 is 9.47 Å². The van der Waals surface area contributed by atoms with Gasteiger partial charge in [-0.25, -0.2) is 4.21 Å². The highest BCUT2D eigenvalue weighted by molar-refractivity contribution is 7.85. The lowest BCUT2D eigenvalue weighted by atomic mass is 9.98. The maximum atomic E-state index is 12.6. The number of methoxy groups -OCH3 is 1. The van der Waals surface area contributed by atoms with Gasteiger partial charge in [0.05, 0.1) is 41.4 Å². The van der Waals surface area contributed by atoms with E-state index in [1.807, 2.05) is 39.0 Å². The molecule has 2 heterocycles. The molecule has 0 bridgehead atoms. The van der Waals surface area contributed by atoms with Crippen LogP contribution < -0.4 is 9.47 Å². The number of rotatable bonds is 4. The Hall–Kier alpha value is -2.54. The van der Waals surface area contributed by atoms with E-state index < -0.39 is 15.7 Å². The quantitative estimate of drug-likeness (QED) is 0.798. The van der Waals surface area contributed by atoms with Crippen LogP contribution in [0.3, 0.4) is 0 Å². The smallest absolute Gasteiger partial charge is 0.148 e. The van der Waals surface area contributed by atoms with Gasteiger partial charge in [-0.3, -0.25) is 9.97 Å². The third-order valence-corrected chi connectivity index (χ3v) is 5.53. The van der Waals surface area contributed by atoms with Crippen molar-refractivity contribution in [2.75, 3.05) is 7.11 Å². The molecule has 0 aliphatic carbocycles. The molecule has 6 nitrogen and oxygen atoms in total. The second-order valence-corrected chi connectivity index (χ2v) is 9.05. The van der Waals surface area contributed by atoms with Crippen LogP contribution in [0.1, 0.15) is 50.2 Å². The van der Waals surface area contributed by atoms with Crippen molar-refractivity contribution >= 4 is 22.8 Å². The fraction of sp³-hybridized carbons (Fsp3) is 0.350. The number of hydrogen-bond acceptors (Lipinski definition) is 5. The maximum Gasteiger partial charge on any atom is 0.148 e. The van der Waals surface area contributed by atoms with Gasteiger partial charge in [0.15, 0.2) is 0 Å². The Balaban J connectivity index is 2.03. The van der Waals surface area contributed by atoms with E-state index in [0.717, 1.165) is 11.3 Å². The van der Waals surface area contributed by atoms with Crippen LogP contribution in [0, 0.1) is 0 Å². The lowest BCUT2D eigenvalue weighted by molar-refractivity contribution is 0.200. The zero-order valence-electron chi connectivity index (χ0n) is 15.9. The Bertz CT molecular complexity index is 902. The second-order valence-electron chi connectivity index (χ2n) is 7.14. The molecular formula is C20H23N3O3S. The number of hydrogen-bond donors (Lipinski definition) is 0. The zero-order chi connectivity index (χ0) is 19.6. The predicted molar refractivity (Wildman–Crippen MR) is 108 cm³/mol. The molecule has 0 saturated carbocycles. The van der Waals surface area contributed by atoms with Gasteiger partial charge in [0.2, 0.25) is 0 Å². The fourth-order valence-corrected chi connectivity index (χ4v) is 3.20. The van der Waals surface area contributed by atoms with E-state index in [1.54, 1.807) is 25.6 Å². The van der Waals surface area contributed by atoms with Crippen LogP contribution in [-0.4, -0.2) is 31.7 Å². The normalized spacial score (nSPS) is 19.1. The molecule has 0 spiro atoms. The molecule has 1 aromatic carbocycles. The van der Waals surface area contributed by atoms with Crippen molar-refractivity contribution < 1.29 is 13.7 Å². The average Bonchev–Trinajstić information content (AvgIpc) is 2.66. The van der Waals surface area contributed by atoms with Crippen molar-refractivity contribution in [2.24, 2.45) is 4.40 Å². The van der Waals surface area contributed by atoms with Crippen molar-refractivity contribution in [2.45, 2.75) is 38.0 Å². The molecule has 7 heteroatoms. The van der Waals surface area contributed by atoms with Gasteiger partial charge in [-0.1, -0.05) is 6.58 Å². The lowest BCUT2D eigenvalue weighted by Gasteiger charge is -2.27. The molecule has 142 valence electrons. The highest BCUT2D eigenvalue weighted by Crippen LogP contribution is 2.37. The zero-order valence-corrected chi connectivity index (χ0v) is 16.7. The highest BCUT2D eigenvalue weighted by Gasteiger charge is 2.30. The molecule has 1 aromatic heterocycles. The molecule has 0 unspecified atom stereocenters. The number of benzene rings is 1. The summed E-state index contributed by atoms with van der Waals surface area (Å²) in [5.74, 6) is 1.31. The minimum Gasteiger partial charge on any atom is -0.497 e. The summed E-state index contributed by atoms with van der Waals surface area (Å²) >= 11 is 0.